The number of nitrogens with zero attached hydrogens (tertiary/aromatic N) is 1. The Balaban J connectivity index is 1.78. The molecule has 0 spiro atoms. The number of urea groups is 1. The predicted octanol–water partition coefficient (Wildman–Crippen LogP) is 2.70. The summed E-state index contributed by atoms with van der Waals surface area (Å²) in [5, 5.41) is 5.49. The van der Waals surface area contributed by atoms with Gasteiger partial charge in [-0.3, -0.25) is 4.79 Å². The number of benzene rings is 1. The Morgan fingerprint density at radius 3 is 2.43 bits per heavy atom. The van der Waals surface area contributed by atoms with Crippen LogP contribution in [0.25, 0.3) is 0 Å². The molecule has 1 aromatic rings. The van der Waals surface area contributed by atoms with Crippen molar-refractivity contribution >= 4 is 17.9 Å². The summed E-state index contributed by atoms with van der Waals surface area (Å²) in [5.41, 5.74) is 1.25. The molecule has 0 aliphatic heterocycles. The Bertz CT molecular complexity index is 669. The Labute approximate surface area is 166 Å². The lowest BCUT2D eigenvalue weighted by Gasteiger charge is -2.21. The first kappa shape index (κ1) is 21.7. The molecule has 3 amide bonds. The van der Waals surface area contributed by atoms with Gasteiger partial charge in [0.1, 0.15) is 0 Å². The Hall–Kier alpha value is -2.57. The lowest BCUT2D eigenvalue weighted by Crippen LogP contribution is -2.39. The molecule has 28 heavy (non-hydrogen) atoms. The number of carbonyl (C=O) groups excluding carboxylic acids is 3. The Morgan fingerprint density at radius 2 is 1.86 bits per heavy atom. The van der Waals surface area contributed by atoms with Crippen molar-refractivity contribution in [3.8, 4) is 0 Å². The highest BCUT2D eigenvalue weighted by molar-refractivity contribution is 5.91. The van der Waals surface area contributed by atoms with Gasteiger partial charge < -0.3 is 20.3 Å². The number of esters is 1. The van der Waals surface area contributed by atoms with Crippen molar-refractivity contribution in [2.75, 3.05) is 19.7 Å². The molecule has 1 aliphatic carbocycles. The molecule has 7 heteroatoms. The lowest BCUT2D eigenvalue weighted by atomic mass is 10.1. The van der Waals surface area contributed by atoms with Gasteiger partial charge in [0.05, 0.1) is 5.56 Å². The summed E-state index contributed by atoms with van der Waals surface area (Å²) in [6.07, 6.45) is 3.23. The van der Waals surface area contributed by atoms with Gasteiger partial charge in [0.2, 0.25) is 0 Å². The molecule has 2 rings (SSSR count). The fourth-order valence-corrected chi connectivity index (χ4v) is 2.76. The molecule has 7 nitrogen and oxygen atoms in total. The molecule has 0 radical (unpaired) electrons. The molecule has 0 bridgehead atoms. The summed E-state index contributed by atoms with van der Waals surface area (Å²) in [6, 6.07) is 6.61. The van der Waals surface area contributed by atoms with Gasteiger partial charge in [-0.15, -0.1) is 0 Å². The smallest absolute Gasteiger partial charge is 0.338 e. The van der Waals surface area contributed by atoms with Crippen molar-refractivity contribution < 1.29 is 19.1 Å². The molecule has 1 aromatic carbocycles. The number of hydrogen-bond donors (Lipinski definition) is 2. The minimum absolute atomic E-state index is 0.0670. The third kappa shape index (κ3) is 7.58. The van der Waals surface area contributed by atoms with Gasteiger partial charge in [-0.05, 0) is 56.7 Å². The average molecular weight is 389 g/mol. The van der Waals surface area contributed by atoms with Crippen molar-refractivity contribution in [2.24, 2.45) is 5.92 Å². The number of carbonyl (C=O) groups is 3. The number of nitrogens with one attached hydrogen (secondary N) is 2. The monoisotopic (exact) mass is 389 g/mol. The van der Waals surface area contributed by atoms with Gasteiger partial charge in [-0.25, -0.2) is 9.59 Å². The summed E-state index contributed by atoms with van der Waals surface area (Å²) in [4.78, 5) is 37.9. The Kier molecular flexibility index (Phi) is 8.29. The molecule has 0 saturated heterocycles. The zero-order valence-corrected chi connectivity index (χ0v) is 17.0. The second kappa shape index (κ2) is 10.7. The highest BCUT2D eigenvalue weighted by Crippen LogP contribution is 2.29. The van der Waals surface area contributed by atoms with Crippen LogP contribution in [0.15, 0.2) is 24.3 Å². The van der Waals surface area contributed by atoms with Crippen LogP contribution < -0.4 is 10.6 Å². The summed E-state index contributed by atoms with van der Waals surface area (Å²) in [7, 11) is 0. The summed E-state index contributed by atoms with van der Waals surface area (Å²) >= 11 is 0. The van der Waals surface area contributed by atoms with Crippen molar-refractivity contribution in [1.82, 2.24) is 15.5 Å². The van der Waals surface area contributed by atoms with Crippen LogP contribution in [0.3, 0.4) is 0 Å². The van der Waals surface area contributed by atoms with E-state index in [4.69, 9.17) is 4.74 Å². The van der Waals surface area contributed by atoms with Crippen molar-refractivity contribution in [3.63, 3.8) is 0 Å². The zero-order chi connectivity index (χ0) is 20.5. The van der Waals surface area contributed by atoms with Gasteiger partial charge in [-0.1, -0.05) is 19.1 Å². The van der Waals surface area contributed by atoms with E-state index in [0.717, 1.165) is 18.5 Å². The van der Waals surface area contributed by atoms with E-state index in [1.54, 1.807) is 29.2 Å². The summed E-state index contributed by atoms with van der Waals surface area (Å²) in [6.45, 7) is 7.39. The van der Waals surface area contributed by atoms with E-state index in [1.807, 2.05) is 20.8 Å². The fraction of sp³-hybridized carbons (Fsp3) is 0.571. The van der Waals surface area contributed by atoms with Crippen LogP contribution in [0, 0.1) is 5.92 Å². The third-order valence-electron chi connectivity index (χ3n) is 4.41. The molecule has 0 aromatic heterocycles. The molecule has 2 N–H and O–H groups in total. The van der Waals surface area contributed by atoms with Gasteiger partial charge in [0.15, 0.2) is 6.61 Å². The van der Waals surface area contributed by atoms with E-state index in [-0.39, 0.29) is 24.6 Å². The van der Waals surface area contributed by atoms with E-state index in [1.165, 1.54) is 12.8 Å². The average Bonchev–Trinajstić information content (AvgIpc) is 3.48. The summed E-state index contributed by atoms with van der Waals surface area (Å²) in [5.74, 6) is -0.0534. The van der Waals surface area contributed by atoms with Gasteiger partial charge in [-0.2, -0.15) is 0 Å². The topological polar surface area (TPSA) is 87.7 Å². The highest BCUT2D eigenvalue weighted by Gasteiger charge is 2.26. The van der Waals surface area contributed by atoms with Crippen LogP contribution >= 0.6 is 0 Å². The lowest BCUT2D eigenvalue weighted by molar-refractivity contribution is -0.134. The van der Waals surface area contributed by atoms with Crippen molar-refractivity contribution in [2.45, 2.75) is 52.6 Å². The molecule has 154 valence electrons. The fourth-order valence-electron chi connectivity index (χ4n) is 2.76. The zero-order valence-electron chi connectivity index (χ0n) is 17.0. The van der Waals surface area contributed by atoms with Crippen LogP contribution in [0.1, 0.15) is 56.0 Å². The molecular weight excluding hydrogens is 358 g/mol. The molecule has 1 fully saturated rings. The maximum atomic E-state index is 12.3. The van der Waals surface area contributed by atoms with Crippen LogP contribution in [-0.2, 0) is 16.1 Å². The van der Waals surface area contributed by atoms with Crippen LogP contribution in [0.2, 0.25) is 0 Å². The van der Waals surface area contributed by atoms with Gasteiger partial charge in [0, 0.05) is 25.7 Å². The standard InChI is InChI=1S/C21H31N3O4/c1-4-11-24(13-17-5-6-17)19(25)14-28-20(26)18-9-7-16(8-10-18)12-22-21(27)23-15(2)3/h7-10,15,17H,4-6,11-14H2,1-3H3,(H2,22,23,27). The third-order valence-corrected chi connectivity index (χ3v) is 4.41. The van der Waals surface area contributed by atoms with E-state index in [9.17, 15) is 14.4 Å². The van der Waals surface area contributed by atoms with E-state index < -0.39 is 5.97 Å². The maximum Gasteiger partial charge on any atom is 0.338 e. The minimum atomic E-state index is -0.520. The van der Waals surface area contributed by atoms with E-state index in [2.05, 4.69) is 10.6 Å². The number of amides is 3. The minimum Gasteiger partial charge on any atom is -0.452 e. The molecule has 0 heterocycles. The molecule has 1 saturated carbocycles. The SMILES string of the molecule is CCCN(CC1CC1)C(=O)COC(=O)c1ccc(CNC(=O)NC(C)C)cc1. The van der Waals surface area contributed by atoms with Crippen molar-refractivity contribution in [1.29, 1.82) is 0 Å². The Morgan fingerprint density at radius 1 is 1.18 bits per heavy atom. The number of ether oxygens (including phenoxy) is 1. The van der Waals surface area contributed by atoms with Crippen LogP contribution in [-0.4, -0.2) is 48.5 Å². The molecule has 0 atom stereocenters. The normalized spacial score (nSPS) is 13.1. The first-order valence-corrected chi connectivity index (χ1v) is 9.97. The molecule has 1 aliphatic rings. The molecular formula is C21H31N3O4. The predicted molar refractivity (Wildman–Crippen MR) is 107 cm³/mol. The number of rotatable bonds is 10. The highest BCUT2D eigenvalue weighted by atomic mass is 16.5. The number of hydrogen-bond acceptors (Lipinski definition) is 4. The molecule has 0 unspecified atom stereocenters. The van der Waals surface area contributed by atoms with E-state index >= 15 is 0 Å². The first-order valence-electron chi connectivity index (χ1n) is 9.97. The quantitative estimate of drug-likeness (QED) is 0.602. The maximum absolute atomic E-state index is 12.3. The van der Waals surface area contributed by atoms with Gasteiger partial charge in [0.25, 0.3) is 5.91 Å². The summed E-state index contributed by atoms with van der Waals surface area (Å²) < 4.78 is 5.19. The van der Waals surface area contributed by atoms with E-state index in [0.29, 0.717) is 24.6 Å². The second-order valence-corrected chi connectivity index (χ2v) is 7.54. The first-order chi connectivity index (χ1) is 13.4. The van der Waals surface area contributed by atoms with Gasteiger partial charge >= 0.3 is 12.0 Å². The van der Waals surface area contributed by atoms with Crippen LogP contribution in [0.5, 0.6) is 0 Å². The second-order valence-electron chi connectivity index (χ2n) is 7.54. The largest absolute Gasteiger partial charge is 0.452 e. The van der Waals surface area contributed by atoms with Crippen LogP contribution in [0.4, 0.5) is 4.79 Å². The van der Waals surface area contributed by atoms with Crippen molar-refractivity contribution in [3.05, 3.63) is 35.4 Å².